The van der Waals surface area contributed by atoms with E-state index in [0.717, 1.165) is 0 Å². The van der Waals surface area contributed by atoms with Crippen LogP contribution < -0.4 is 4.90 Å². The van der Waals surface area contributed by atoms with Crippen molar-refractivity contribution >= 4 is 26.3 Å². The Hall–Kier alpha value is -1.54. The third-order valence-electron chi connectivity index (χ3n) is 4.22. The van der Waals surface area contributed by atoms with Crippen molar-refractivity contribution in [2.45, 2.75) is 25.3 Å². The van der Waals surface area contributed by atoms with E-state index in [0.29, 0.717) is 24.6 Å². The molecular weight excluding hydrogens is 314 g/mol. The fourth-order valence-corrected chi connectivity index (χ4v) is 4.64. The summed E-state index contributed by atoms with van der Waals surface area (Å²) in [6.45, 7) is 0. The highest BCUT2D eigenvalue weighted by atomic mass is 28.4. The molecule has 1 unspecified atom stereocenters. The zero-order chi connectivity index (χ0) is 16.9. The number of amides is 2. The van der Waals surface area contributed by atoms with Gasteiger partial charge in [0.25, 0.3) is 0 Å². The first-order valence-electron chi connectivity index (χ1n) is 7.64. The molecule has 1 saturated heterocycles. The number of carbonyl (C=O) groups excluding carboxylic acids is 2. The molecule has 0 bridgehead atoms. The summed E-state index contributed by atoms with van der Waals surface area (Å²) >= 11 is 0. The second kappa shape index (κ2) is 7.83. The molecule has 1 aliphatic heterocycles. The Bertz CT molecular complexity index is 538. The molecule has 1 aromatic carbocycles. The summed E-state index contributed by atoms with van der Waals surface area (Å²) in [6, 6.07) is 9.67. The fraction of sp³-hybridized carbons (Fsp3) is 0.500. The van der Waals surface area contributed by atoms with Gasteiger partial charge in [-0.25, -0.2) is 0 Å². The van der Waals surface area contributed by atoms with Crippen molar-refractivity contribution in [1.82, 2.24) is 0 Å². The predicted octanol–water partition coefficient (Wildman–Crippen LogP) is 2.22. The van der Waals surface area contributed by atoms with E-state index in [-0.39, 0.29) is 24.2 Å². The zero-order valence-electron chi connectivity index (χ0n) is 13.8. The Morgan fingerprint density at radius 3 is 2.26 bits per heavy atom. The fourth-order valence-electron chi connectivity index (χ4n) is 2.89. The van der Waals surface area contributed by atoms with Gasteiger partial charge >= 0.3 is 8.80 Å². The summed E-state index contributed by atoms with van der Waals surface area (Å²) in [4.78, 5) is 26.0. The maximum atomic E-state index is 12.5. The quantitative estimate of drug-likeness (QED) is 0.537. The highest BCUT2D eigenvalue weighted by molar-refractivity contribution is 6.60. The van der Waals surface area contributed by atoms with Crippen LogP contribution in [0.25, 0.3) is 0 Å². The van der Waals surface area contributed by atoms with Crippen LogP contribution in [-0.2, 0) is 22.9 Å². The van der Waals surface area contributed by atoms with Gasteiger partial charge in [-0.05, 0) is 25.0 Å². The summed E-state index contributed by atoms with van der Waals surface area (Å²) in [5.74, 6) is -0.541. The van der Waals surface area contributed by atoms with E-state index in [2.05, 4.69) is 0 Å². The van der Waals surface area contributed by atoms with Crippen molar-refractivity contribution in [3.05, 3.63) is 30.3 Å². The number of hydrogen-bond acceptors (Lipinski definition) is 5. The molecule has 1 heterocycles. The topological polar surface area (TPSA) is 65.1 Å². The molecule has 7 heteroatoms. The molecule has 0 radical (unpaired) electrons. The van der Waals surface area contributed by atoms with Crippen LogP contribution in [0.4, 0.5) is 5.69 Å². The Balaban J connectivity index is 1.95. The minimum atomic E-state index is -2.62. The van der Waals surface area contributed by atoms with E-state index in [9.17, 15) is 9.59 Å². The highest BCUT2D eigenvalue weighted by Crippen LogP contribution is 2.30. The molecular formula is C16H23NO5Si. The van der Waals surface area contributed by atoms with Crippen LogP contribution in [-0.4, -0.2) is 41.9 Å². The largest absolute Gasteiger partial charge is 0.500 e. The number of anilines is 1. The molecule has 6 nitrogen and oxygen atoms in total. The van der Waals surface area contributed by atoms with Crippen LogP contribution in [0.5, 0.6) is 0 Å². The van der Waals surface area contributed by atoms with Gasteiger partial charge in [-0.15, -0.1) is 0 Å². The van der Waals surface area contributed by atoms with Gasteiger partial charge in [0.2, 0.25) is 11.8 Å². The SMILES string of the molecule is CO[Si](CCCC1CC(=O)N(c2ccccc2)C1=O)(OC)OC. The molecule has 2 amide bonds. The van der Waals surface area contributed by atoms with Gasteiger partial charge in [0.1, 0.15) is 0 Å². The molecule has 126 valence electrons. The summed E-state index contributed by atoms with van der Waals surface area (Å²) in [5.41, 5.74) is 0.638. The van der Waals surface area contributed by atoms with Gasteiger partial charge in [0.15, 0.2) is 0 Å². The van der Waals surface area contributed by atoms with Crippen molar-refractivity contribution in [2.75, 3.05) is 26.2 Å². The Morgan fingerprint density at radius 1 is 1.09 bits per heavy atom. The normalized spacial score (nSPS) is 18.7. The van der Waals surface area contributed by atoms with E-state index < -0.39 is 8.80 Å². The molecule has 0 spiro atoms. The second-order valence-electron chi connectivity index (χ2n) is 5.49. The molecule has 0 aromatic heterocycles. The van der Waals surface area contributed by atoms with Crippen LogP contribution in [0.3, 0.4) is 0 Å². The van der Waals surface area contributed by atoms with Gasteiger partial charge in [-0.1, -0.05) is 18.2 Å². The smallest absolute Gasteiger partial charge is 0.377 e. The lowest BCUT2D eigenvalue weighted by molar-refractivity contribution is -0.122. The number of carbonyl (C=O) groups is 2. The predicted molar refractivity (Wildman–Crippen MR) is 87.9 cm³/mol. The Labute approximate surface area is 137 Å². The van der Waals surface area contributed by atoms with Crippen LogP contribution in [0.15, 0.2) is 30.3 Å². The van der Waals surface area contributed by atoms with Crippen molar-refractivity contribution < 1.29 is 22.9 Å². The van der Waals surface area contributed by atoms with E-state index in [4.69, 9.17) is 13.3 Å². The molecule has 0 aliphatic carbocycles. The first-order chi connectivity index (χ1) is 11.1. The minimum Gasteiger partial charge on any atom is -0.377 e. The average Bonchev–Trinajstić information content (AvgIpc) is 2.87. The van der Waals surface area contributed by atoms with Crippen molar-refractivity contribution in [3.8, 4) is 0 Å². The minimum absolute atomic E-state index is 0.124. The maximum Gasteiger partial charge on any atom is 0.500 e. The average molecular weight is 337 g/mol. The van der Waals surface area contributed by atoms with Gasteiger partial charge in [-0.3, -0.25) is 14.5 Å². The Morgan fingerprint density at radius 2 is 1.70 bits per heavy atom. The first kappa shape index (κ1) is 17.8. The summed E-state index contributed by atoms with van der Waals surface area (Å²) in [7, 11) is 2.09. The first-order valence-corrected chi connectivity index (χ1v) is 9.57. The zero-order valence-corrected chi connectivity index (χ0v) is 14.8. The lowest BCUT2D eigenvalue weighted by Gasteiger charge is -2.24. The van der Waals surface area contributed by atoms with Crippen LogP contribution >= 0.6 is 0 Å². The van der Waals surface area contributed by atoms with Crippen LogP contribution in [0.1, 0.15) is 19.3 Å². The number of hydrogen-bond donors (Lipinski definition) is 0. The van der Waals surface area contributed by atoms with Crippen LogP contribution in [0, 0.1) is 5.92 Å². The third kappa shape index (κ3) is 3.87. The second-order valence-corrected chi connectivity index (χ2v) is 8.58. The maximum absolute atomic E-state index is 12.5. The highest BCUT2D eigenvalue weighted by Gasteiger charge is 2.41. The molecule has 1 aliphatic rings. The molecule has 23 heavy (non-hydrogen) atoms. The summed E-state index contributed by atoms with van der Waals surface area (Å²) in [5, 5.41) is 0. The third-order valence-corrected chi connectivity index (χ3v) is 7.05. The lowest BCUT2D eigenvalue weighted by atomic mass is 10.0. The molecule has 1 atom stereocenters. The molecule has 1 fully saturated rings. The van der Waals surface area contributed by atoms with Crippen molar-refractivity contribution in [2.24, 2.45) is 5.92 Å². The molecule has 0 saturated carbocycles. The number of benzene rings is 1. The van der Waals surface area contributed by atoms with Crippen molar-refractivity contribution in [1.29, 1.82) is 0 Å². The van der Waals surface area contributed by atoms with Crippen LogP contribution in [0.2, 0.25) is 6.04 Å². The number of nitrogens with zero attached hydrogens (tertiary/aromatic N) is 1. The monoisotopic (exact) mass is 337 g/mol. The van der Waals surface area contributed by atoms with E-state index >= 15 is 0 Å². The molecule has 1 aromatic rings. The van der Waals surface area contributed by atoms with Gasteiger partial charge in [-0.2, -0.15) is 0 Å². The number of para-hydroxylation sites is 1. The van der Waals surface area contributed by atoms with E-state index in [1.165, 1.54) is 4.90 Å². The lowest BCUT2D eigenvalue weighted by Crippen LogP contribution is -2.42. The van der Waals surface area contributed by atoms with Gasteiger partial charge in [0.05, 0.1) is 5.69 Å². The summed E-state index contributed by atoms with van der Waals surface area (Å²) < 4.78 is 16.1. The van der Waals surface area contributed by atoms with E-state index in [1.807, 2.05) is 18.2 Å². The standard InChI is InChI=1S/C16H23NO5Si/c1-20-23(21-2,22-3)11-7-8-13-12-15(18)17(16(13)19)14-9-5-4-6-10-14/h4-6,9-10,13H,7-8,11-12H2,1-3H3. The number of rotatable bonds is 8. The van der Waals surface area contributed by atoms with Gasteiger partial charge < -0.3 is 13.3 Å². The van der Waals surface area contributed by atoms with Crippen molar-refractivity contribution in [3.63, 3.8) is 0 Å². The Kier molecular flexibility index (Phi) is 6.06. The van der Waals surface area contributed by atoms with E-state index in [1.54, 1.807) is 33.5 Å². The molecule has 0 N–H and O–H groups in total. The number of imide groups is 1. The van der Waals surface area contributed by atoms with Gasteiger partial charge in [0, 0.05) is 39.7 Å². The molecule has 2 rings (SSSR count). The summed E-state index contributed by atoms with van der Waals surface area (Å²) in [6.07, 6.45) is 1.60.